The van der Waals surface area contributed by atoms with Gasteiger partial charge in [-0.15, -0.1) is 0 Å². The number of carbonyl (C=O) groups is 2. The first kappa shape index (κ1) is 20.8. The third-order valence-corrected chi connectivity index (χ3v) is 6.36. The summed E-state index contributed by atoms with van der Waals surface area (Å²) in [4.78, 5) is 26.9. The maximum atomic E-state index is 12.6. The molecule has 1 aliphatic carbocycles. The zero-order valence-electron chi connectivity index (χ0n) is 15.9. The molecule has 1 heterocycles. The van der Waals surface area contributed by atoms with Crippen LogP contribution in [-0.4, -0.2) is 33.6 Å². The summed E-state index contributed by atoms with van der Waals surface area (Å²) in [6, 6.07) is 10.3. The van der Waals surface area contributed by atoms with Crippen molar-refractivity contribution in [3.8, 4) is 0 Å². The molecule has 0 unspecified atom stereocenters. The lowest BCUT2D eigenvalue weighted by Gasteiger charge is -2.23. The third-order valence-electron chi connectivity index (χ3n) is 4.97. The van der Waals surface area contributed by atoms with E-state index in [0.717, 1.165) is 18.4 Å². The van der Waals surface area contributed by atoms with Crippen molar-refractivity contribution in [2.24, 2.45) is 0 Å². The molecule has 0 spiro atoms. The molecule has 4 nitrogen and oxygen atoms in total. The number of hydrogen-bond acceptors (Lipinski definition) is 4. The largest absolute Gasteiger partial charge is 0.353 e. The van der Waals surface area contributed by atoms with Crippen molar-refractivity contribution in [3.63, 3.8) is 0 Å². The number of thiocarbonyl (C=S) groups is 1. The minimum atomic E-state index is -0.0691. The van der Waals surface area contributed by atoms with Crippen LogP contribution in [0.2, 0.25) is 0 Å². The zero-order valence-corrected chi connectivity index (χ0v) is 17.6. The minimum absolute atomic E-state index is 0.0691. The number of nitrogens with zero attached hydrogens (tertiary/aromatic N) is 1. The van der Waals surface area contributed by atoms with Crippen LogP contribution in [0.15, 0.2) is 47.4 Å². The topological polar surface area (TPSA) is 49.4 Å². The Balaban J connectivity index is 1.45. The van der Waals surface area contributed by atoms with Gasteiger partial charge in [0.1, 0.15) is 4.32 Å². The lowest BCUT2D eigenvalue weighted by molar-refractivity contribution is -0.124. The standard InChI is InChI=1S/C22H26N2O2S2/c25-20(23-18-12-5-2-6-13-18)15-8-16-24-21(26)19(28-22(24)27)14-7-11-17-9-3-1-4-10-17/h1,3-4,7,9-11,14,18H,2,5-6,8,12-13,15-16H2,(H,23,25). The maximum Gasteiger partial charge on any atom is 0.266 e. The number of rotatable bonds is 7. The molecule has 148 valence electrons. The predicted molar refractivity (Wildman–Crippen MR) is 120 cm³/mol. The molecule has 1 aromatic rings. The normalized spacial score (nSPS) is 19.7. The summed E-state index contributed by atoms with van der Waals surface area (Å²) in [5.74, 6) is 0.0130. The van der Waals surface area contributed by atoms with Crippen LogP contribution in [0.1, 0.15) is 50.5 Å². The minimum Gasteiger partial charge on any atom is -0.353 e. The number of nitrogens with one attached hydrogen (secondary N) is 1. The number of hydrogen-bond donors (Lipinski definition) is 1. The molecule has 2 amide bonds. The van der Waals surface area contributed by atoms with Gasteiger partial charge in [0.2, 0.25) is 5.91 Å². The first-order valence-corrected chi connectivity index (χ1v) is 11.1. The molecule has 1 N–H and O–H groups in total. The molecule has 1 aromatic carbocycles. The maximum absolute atomic E-state index is 12.6. The Labute approximate surface area is 176 Å². The van der Waals surface area contributed by atoms with Gasteiger partial charge < -0.3 is 5.32 Å². The second-order valence-electron chi connectivity index (χ2n) is 7.13. The highest BCUT2D eigenvalue weighted by Crippen LogP contribution is 2.31. The van der Waals surface area contributed by atoms with Gasteiger partial charge in [-0.25, -0.2) is 0 Å². The second-order valence-corrected chi connectivity index (χ2v) is 8.81. The average Bonchev–Trinajstić information content (AvgIpc) is 2.97. The van der Waals surface area contributed by atoms with Gasteiger partial charge in [0, 0.05) is 19.0 Å². The molecular weight excluding hydrogens is 388 g/mol. The summed E-state index contributed by atoms with van der Waals surface area (Å²) >= 11 is 6.67. The van der Waals surface area contributed by atoms with Crippen LogP contribution in [0.3, 0.4) is 0 Å². The monoisotopic (exact) mass is 414 g/mol. The Morgan fingerprint density at radius 2 is 1.96 bits per heavy atom. The summed E-state index contributed by atoms with van der Waals surface area (Å²) in [7, 11) is 0. The van der Waals surface area contributed by atoms with Crippen molar-refractivity contribution in [1.29, 1.82) is 0 Å². The van der Waals surface area contributed by atoms with Crippen LogP contribution in [0.25, 0.3) is 6.08 Å². The third kappa shape index (κ3) is 6.04. The molecule has 2 fully saturated rings. The fourth-order valence-electron chi connectivity index (χ4n) is 3.46. The van der Waals surface area contributed by atoms with E-state index in [1.807, 2.05) is 48.6 Å². The second kappa shape index (κ2) is 10.6. The highest BCUT2D eigenvalue weighted by atomic mass is 32.2. The van der Waals surface area contributed by atoms with E-state index in [-0.39, 0.29) is 11.8 Å². The number of benzene rings is 1. The molecule has 1 aliphatic heterocycles. The van der Waals surface area contributed by atoms with E-state index in [4.69, 9.17) is 12.2 Å². The number of carbonyl (C=O) groups excluding carboxylic acids is 2. The van der Waals surface area contributed by atoms with Crippen molar-refractivity contribution >= 4 is 46.2 Å². The molecule has 6 heteroatoms. The molecule has 1 saturated carbocycles. The molecule has 2 aliphatic rings. The molecule has 3 rings (SSSR count). The molecule has 0 atom stereocenters. The van der Waals surface area contributed by atoms with Crippen LogP contribution in [0, 0.1) is 0 Å². The first-order valence-electron chi connectivity index (χ1n) is 9.90. The van der Waals surface area contributed by atoms with Crippen molar-refractivity contribution in [2.45, 2.75) is 51.0 Å². The van der Waals surface area contributed by atoms with Gasteiger partial charge >= 0.3 is 0 Å². The summed E-state index contributed by atoms with van der Waals surface area (Å²) < 4.78 is 0.567. The zero-order chi connectivity index (χ0) is 19.8. The summed E-state index contributed by atoms with van der Waals surface area (Å²) in [5, 5.41) is 3.12. The van der Waals surface area contributed by atoms with Crippen molar-refractivity contribution < 1.29 is 9.59 Å². The lowest BCUT2D eigenvalue weighted by Crippen LogP contribution is -2.36. The van der Waals surface area contributed by atoms with Crippen molar-refractivity contribution in [2.75, 3.05) is 6.54 Å². The van der Waals surface area contributed by atoms with E-state index in [2.05, 4.69) is 5.32 Å². The molecule has 0 aromatic heterocycles. The van der Waals surface area contributed by atoms with Gasteiger partial charge in [-0.1, -0.05) is 85.7 Å². The van der Waals surface area contributed by atoms with Gasteiger partial charge in [0.05, 0.1) is 4.91 Å². The van der Waals surface area contributed by atoms with Crippen LogP contribution < -0.4 is 5.32 Å². The number of amides is 2. The van der Waals surface area contributed by atoms with Gasteiger partial charge in [0.25, 0.3) is 5.91 Å². The fourth-order valence-corrected chi connectivity index (χ4v) is 4.72. The highest BCUT2D eigenvalue weighted by molar-refractivity contribution is 8.26. The van der Waals surface area contributed by atoms with Crippen LogP contribution >= 0.6 is 24.0 Å². The van der Waals surface area contributed by atoms with Crippen molar-refractivity contribution in [1.82, 2.24) is 10.2 Å². The Kier molecular flexibility index (Phi) is 7.86. The predicted octanol–water partition coefficient (Wildman–Crippen LogP) is 4.67. The molecular formula is C22H26N2O2S2. The Hall–Kier alpha value is -1.92. The van der Waals surface area contributed by atoms with E-state index >= 15 is 0 Å². The van der Waals surface area contributed by atoms with E-state index < -0.39 is 0 Å². The Bertz CT molecular complexity index is 768. The van der Waals surface area contributed by atoms with E-state index in [0.29, 0.717) is 34.7 Å². The van der Waals surface area contributed by atoms with Crippen LogP contribution in [0.5, 0.6) is 0 Å². The smallest absolute Gasteiger partial charge is 0.266 e. The van der Waals surface area contributed by atoms with Crippen LogP contribution in [0.4, 0.5) is 0 Å². The summed E-state index contributed by atoms with van der Waals surface area (Å²) in [5.41, 5.74) is 1.08. The van der Waals surface area contributed by atoms with E-state index in [9.17, 15) is 9.59 Å². The van der Waals surface area contributed by atoms with Gasteiger partial charge in [-0.3, -0.25) is 14.5 Å². The SMILES string of the molecule is O=C(CCCN1C(=O)C(=CC=Cc2ccccc2)SC1=S)NC1CCCCC1. The highest BCUT2D eigenvalue weighted by Gasteiger charge is 2.31. The van der Waals surface area contributed by atoms with Gasteiger partial charge in [-0.05, 0) is 30.9 Å². The lowest BCUT2D eigenvalue weighted by atomic mass is 9.95. The molecule has 1 saturated heterocycles. The Morgan fingerprint density at radius 3 is 2.71 bits per heavy atom. The summed E-state index contributed by atoms with van der Waals surface area (Å²) in [6.07, 6.45) is 12.5. The molecule has 28 heavy (non-hydrogen) atoms. The van der Waals surface area contributed by atoms with Crippen molar-refractivity contribution in [3.05, 3.63) is 53.0 Å². The quantitative estimate of drug-likeness (QED) is 0.520. The molecule has 0 radical (unpaired) electrons. The average molecular weight is 415 g/mol. The molecule has 0 bridgehead atoms. The summed E-state index contributed by atoms with van der Waals surface area (Å²) in [6.45, 7) is 0.489. The van der Waals surface area contributed by atoms with E-state index in [1.54, 1.807) is 4.90 Å². The number of thioether (sulfide) groups is 1. The first-order chi connectivity index (χ1) is 13.6. The van der Waals surface area contributed by atoms with E-state index in [1.165, 1.54) is 31.0 Å². The van der Waals surface area contributed by atoms with Gasteiger partial charge in [0.15, 0.2) is 0 Å². The fraction of sp³-hybridized carbons (Fsp3) is 0.409. The Morgan fingerprint density at radius 1 is 1.21 bits per heavy atom. The van der Waals surface area contributed by atoms with Crippen LogP contribution in [-0.2, 0) is 9.59 Å². The number of allylic oxidation sites excluding steroid dienone is 2. The van der Waals surface area contributed by atoms with Gasteiger partial charge in [-0.2, -0.15) is 0 Å².